The standard InChI is InChI=1S/C26H26FN3OS/c1-17(30-32(31)26(2,3)4)25-23(18-10-6-5-7-11-18)24(22-12-8-9-15-28-22)20-16-19(27)13-14-21(20)29-25/h5-17,30H,1-4H3. The van der Waals surface area contributed by atoms with Crippen LogP contribution in [-0.4, -0.2) is 19.3 Å². The average molecular weight is 448 g/mol. The lowest BCUT2D eigenvalue weighted by molar-refractivity contribution is 0.529. The van der Waals surface area contributed by atoms with E-state index in [-0.39, 0.29) is 11.9 Å². The Hall–Kier alpha value is -2.80. The molecule has 0 saturated carbocycles. The van der Waals surface area contributed by atoms with Crippen molar-refractivity contribution in [1.29, 1.82) is 0 Å². The molecule has 2 aromatic heterocycles. The van der Waals surface area contributed by atoms with Crippen molar-refractivity contribution in [2.24, 2.45) is 0 Å². The molecule has 0 amide bonds. The highest BCUT2D eigenvalue weighted by molar-refractivity contribution is 7.90. The van der Waals surface area contributed by atoms with Crippen LogP contribution < -0.4 is 4.72 Å². The van der Waals surface area contributed by atoms with Gasteiger partial charge in [0.15, 0.2) is 0 Å². The first-order chi connectivity index (χ1) is 15.3. The summed E-state index contributed by atoms with van der Waals surface area (Å²) in [4.78, 5) is 9.51. The summed E-state index contributed by atoms with van der Waals surface area (Å²) >= 11 is -1.29. The summed E-state index contributed by atoms with van der Waals surface area (Å²) in [5.74, 6) is -0.330. The molecule has 2 heterocycles. The highest BCUT2D eigenvalue weighted by atomic mass is 32.2. The molecule has 0 aliphatic heterocycles. The number of nitrogens with zero attached hydrogens (tertiary/aromatic N) is 2. The predicted molar refractivity (Wildman–Crippen MR) is 130 cm³/mol. The van der Waals surface area contributed by atoms with Crippen LogP contribution in [0.3, 0.4) is 0 Å². The predicted octanol–water partition coefficient (Wildman–Crippen LogP) is 6.22. The molecule has 0 saturated heterocycles. The largest absolute Gasteiger partial charge is 0.598 e. The molecule has 4 aromatic rings. The Morgan fingerprint density at radius 1 is 0.969 bits per heavy atom. The maximum atomic E-state index is 14.3. The molecule has 0 bridgehead atoms. The fraction of sp³-hybridized carbons (Fsp3) is 0.231. The molecule has 0 spiro atoms. The molecule has 0 fully saturated rings. The lowest BCUT2D eigenvalue weighted by Gasteiger charge is -2.28. The number of halogens is 1. The van der Waals surface area contributed by atoms with Gasteiger partial charge in [-0.1, -0.05) is 36.4 Å². The Balaban J connectivity index is 2.04. The number of hydrogen-bond donors (Lipinski definition) is 1. The monoisotopic (exact) mass is 447 g/mol. The molecular formula is C26H26FN3OS. The van der Waals surface area contributed by atoms with Crippen molar-refractivity contribution in [2.45, 2.75) is 38.5 Å². The van der Waals surface area contributed by atoms with E-state index >= 15 is 0 Å². The van der Waals surface area contributed by atoms with Gasteiger partial charge in [-0.25, -0.2) is 4.39 Å². The molecule has 0 aliphatic carbocycles. The van der Waals surface area contributed by atoms with Gasteiger partial charge in [-0.2, -0.15) is 0 Å². The van der Waals surface area contributed by atoms with Gasteiger partial charge in [0.2, 0.25) is 0 Å². The maximum Gasteiger partial charge on any atom is 0.136 e. The van der Waals surface area contributed by atoms with E-state index in [1.54, 1.807) is 12.3 Å². The zero-order valence-corrected chi connectivity index (χ0v) is 19.4. The quantitative estimate of drug-likeness (QED) is 0.369. The summed E-state index contributed by atoms with van der Waals surface area (Å²) in [5.41, 5.74) is 4.75. The first kappa shape index (κ1) is 22.4. The van der Waals surface area contributed by atoms with Crippen molar-refractivity contribution in [1.82, 2.24) is 14.7 Å². The van der Waals surface area contributed by atoms with Gasteiger partial charge in [-0.15, -0.1) is 4.72 Å². The lowest BCUT2D eigenvalue weighted by Crippen LogP contribution is -2.40. The summed E-state index contributed by atoms with van der Waals surface area (Å²) < 4.78 is 30.0. The third kappa shape index (κ3) is 4.53. The molecule has 1 N–H and O–H groups in total. The maximum absolute atomic E-state index is 14.3. The molecule has 0 radical (unpaired) electrons. The second-order valence-electron chi connectivity index (χ2n) is 8.71. The van der Waals surface area contributed by atoms with Crippen LogP contribution in [0.5, 0.6) is 0 Å². The van der Waals surface area contributed by atoms with Crippen molar-refractivity contribution >= 4 is 22.3 Å². The highest BCUT2D eigenvalue weighted by Gasteiger charge is 2.31. The van der Waals surface area contributed by atoms with Crippen LogP contribution in [0.15, 0.2) is 72.9 Å². The molecule has 4 nitrogen and oxygen atoms in total. The van der Waals surface area contributed by atoms with Crippen LogP contribution in [0.4, 0.5) is 4.39 Å². The minimum Gasteiger partial charge on any atom is -0.598 e. The number of hydrogen-bond acceptors (Lipinski definition) is 4. The Bertz CT molecular complexity index is 1230. The van der Waals surface area contributed by atoms with Crippen LogP contribution in [0.1, 0.15) is 39.4 Å². The van der Waals surface area contributed by atoms with Gasteiger partial charge in [-0.3, -0.25) is 9.97 Å². The first-order valence-electron chi connectivity index (χ1n) is 10.5. The van der Waals surface area contributed by atoms with E-state index < -0.39 is 16.1 Å². The number of fused-ring (bicyclic) bond motifs is 1. The van der Waals surface area contributed by atoms with Gasteiger partial charge in [0.05, 0.1) is 22.9 Å². The van der Waals surface area contributed by atoms with Crippen molar-refractivity contribution in [2.75, 3.05) is 0 Å². The second kappa shape index (κ2) is 8.98. The molecule has 2 aromatic carbocycles. The van der Waals surface area contributed by atoms with Gasteiger partial charge >= 0.3 is 0 Å². The molecule has 0 aliphatic rings. The minimum absolute atomic E-state index is 0.317. The van der Waals surface area contributed by atoms with Gasteiger partial charge < -0.3 is 4.55 Å². The second-order valence-corrected chi connectivity index (χ2v) is 10.7. The number of rotatable bonds is 5. The van der Waals surface area contributed by atoms with Crippen LogP contribution in [0, 0.1) is 5.82 Å². The molecule has 32 heavy (non-hydrogen) atoms. The Morgan fingerprint density at radius 3 is 2.34 bits per heavy atom. The zero-order chi connectivity index (χ0) is 22.9. The normalized spacial score (nSPS) is 13.8. The van der Waals surface area contributed by atoms with Crippen LogP contribution in [0.25, 0.3) is 33.3 Å². The third-order valence-corrected chi connectivity index (χ3v) is 6.89. The summed E-state index contributed by atoms with van der Waals surface area (Å²) in [6.07, 6.45) is 1.73. The average Bonchev–Trinajstić information content (AvgIpc) is 2.78. The molecule has 2 unspecified atom stereocenters. The fourth-order valence-corrected chi connectivity index (χ4v) is 4.42. The van der Waals surface area contributed by atoms with E-state index in [1.807, 2.05) is 76.2 Å². The number of benzene rings is 2. The number of nitrogens with one attached hydrogen (secondary N) is 1. The van der Waals surface area contributed by atoms with Crippen molar-refractivity contribution in [3.05, 3.63) is 84.4 Å². The van der Waals surface area contributed by atoms with E-state index in [9.17, 15) is 8.94 Å². The SMILES string of the molecule is CC(N[S+]([O-])C(C)(C)C)c1nc2ccc(F)cc2c(-c2ccccn2)c1-c1ccccc1. The molecular weight excluding hydrogens is 421 g/mol. The Labute approximate surface area is 191 Å². The van der Waals surface area contributed by atoms with Crippen LogP contribution >= 0.6 is 0 Å². The highest BCUT2D eigenvalue weighted by Crippen LogP contribution is 2.41. The number of pyridine rings is 2. The van der Waals surface area contributed by atoms with Crippen LogP contribution in [-0.2, 0) is 11.4 Å². The molecule has 2 atom stereocenters. The van der Waals surface area contributed by atoms with Crippen molar-refractivity contribution in [3.63, 3.8) is 0 Å². The van der Waals surface area contributed by atoms with Crippen molar-refractivity contribution in [3.8, 4) is 22.4 Å². The molecule has 4 rings (SSSR count). The molecule has 6 heteroatoms. The molecule has 164 valence electrons. The van der Waals surface area contributed by atoms with Gasteiger partial charge in [0.1, 0.15) is 10.6 Å². The zero-order valence-electron chi connectivity index (χ0n) is 18.6. The van der Waals surface area contributed by atoms with E-state index in [4.69, 9.17) is 4.98 Å². The Kier molecular flexibility index (Phi) is 6.29. The summed E-state index contributed by atoms with van der Waals surface area (Å²) in [6.45, 7) is 7.74. The van der Waals surface area contributed by atoms with Gasteiger partial charge in [-0.05, 0) is 63.6 Å². The topological polar surface area (TPSA) is 60.9 Å². The van der Waals surface area contributed by atoms with Crippen molar-refractivity contribution < 1.29 is 8.94 Å². The lowest BCUT2D eigenvalue weighted by atomic mass is 9.90. The third-order valence-electron chi connectivity index (χ3n) is 5.21. The summed E-state index contributed by atoms with van der Waals surface area (Å²) in [5, 5.41) is 0.690. The van der Waals surface area contributed by atoms with E-state index in [0.717, 1.165) is 28.1 Å². The fourth-order valence-electron chi connectivity index (χ4n) is 3.63. The van der Waals surface area contributed by atoms with E-state index in [0.29, 0.717) is 10.9 Å². The summed E-state index contributed by atoms with van der Waals surface area (Å²) in [6, 6.07) is 19.9. The Morgan fingerprint density at radius 2 is 1.69 bits per heavy atom. The summed E-state index contributed by atoms with van der Waals surface area (Å²) in [7, 11) is 0. The first-order valence-corrected chi connectivity index (χ1v) is 11.7. The smallest absolute Gasteiger partial charge is 0.136 e. The van der Waals surface area contributed by atoms with Crippen LogP contribution in [0.2, 0.25) is 0 Å². The van der Waals surface area contributed by atoms with E-state index in [2.05, 4.69) is 9.71 Å². The number of aromatic nitrogens is 2. The van der Waals surface area contributed by atoms with Gasteiger partial charge in [0.25, 0.3) is 0 Å². The van der Waals surface area contributed by atoms with Gasteiger partial charge in [0, 0.05) is 34.1 Å². The minimum atomic E-state index is -1.29. The van der Waals surface area contributed by atoms with E-state index in [1.165, 1.54) is 12.1 Å².